The fourth-order valence-electron chi connectivity index (χ4n) is 11.5. The Labute approximate surface area is 256 Å². The van der Waals surface area contributed by atoms with Gasteiger partial charge in [0.2, 0.25) is 0 Å². The number of aliphatic hydroxyl groups excluding tert-OH is 1. The summed E-state index contributed by atoms with van der Waals surface area (Å²) < 4.78 is 12.7. The molecule has 1 aliphatic heterocycles. The Kier molecular flexibility index (Phi) is 7.17. The van der Waals surface area contributed by atoms with Crippen LogP contribution in [-0.2, 0) is 9.47 Å². The summed E-state index contributed by atoms with van der Waals surface area (Å²) in [5, 5.41) is 11.6. The predicted octanol–water partition coefficient (Wildman–Crippen LogP) is 7.38. The predicted molar refractivity (Wildman–Crippen MR) is 141 cm³/mol. The van der Waals surface area contributed by atoms with Crippen molar-refractivity contribution < 1.29 is 58.6 Å². The summed E-state index contributed by atoms with van der Waals surface area (Å²) in [6, 6.07) is 0. The van der Waals surface area contributed by atoms with Gasteiger partial charge >= 0.3 is 0 Å². The minimum Gasteiger partial charge on any atom is -0.390 e. The molecule has 0 aromatic carbocycles. The molecule has 12 atom stereocenters. The van der Waals surface area contributed by atoms with Crippen LogP contribution in [-0.4, -0.2) is 29.7 Å². The van der Waals surface area contributed by atoms with Crippen LogP contribution < -0.4 is 0 Å². The second-order valence-electron chi connectivity index (χ2n) is 15.5. The van der Waals surface area contributed by atoms with Crippen LogP contribution in [0.2, 0.25) is 0 Å². The quantitative estimate of drug-likeness (QED) is 0.267. The maximum Gasteiger partial charge on any atom is 0.163 e. The topological polar surface area (TPSA) is 38.7 Å². The van der Waals surface area contributed by atoms with Crippen LogP contribution in [0.3, 0.4) is 0 Å². The molecule has 0 spiro atoms. The fourth-order valence-corrected chi connectivity index (χ4v) is 11.5. The Morgan fingerprint density at radius 3 is 2.33 bits per heavy atom. The van der Waals surface area contributed by atoms with Gasteiger partial charge in [0, 0.05) is 49.5 Å². The minimum atomic E-state index is -0.607. The molecule has 4 heteroatoms. The molecule has 36 heavy (non-hydrogen) atoms. The molecule has 1 saturated heterocycles. The Balaban J connectivity index is 0.00000267. The molecule has 5 fully saturated rings. The van der Waals surface area contributed by atoms with Crippen molar-refractivity contribution in [2.24, 2.45) is 57.2 Å². The van der Waals surface area contributed by atoms with E-state index in [2.05, 4.69) is 47.6 Å². The molecule has 4 saturated carbocycles. The first kappa shape index (κ1) is 28.6. The minimum absolute atomic E-state index is 0. The van der Waals surface area contributed by atoms with Crippen LogP contribution in [0.15, 0.2) is 11.6 Å². The van der Waals surface area contributed by atoms with Crippen LogP contribution >= 0.6 is 0 Å². The maximum absolute atomic E-state index is 11.6. The summed E-state index contributed by atoms with van der Waals surface area (Å²) in [4.78, 5) is 0. The molecule has 5 aliphatic carbocycles. The van der Waals surface area contributed by atoms with Crippen molar-refractivity contribution in [1.82, 2.24) is 0 Å². The number of hydrogen-bond acceptors (Lipinski definition) is 3. The summed E-state index contributed by atoms with van der Waals surface area (Å²) in [6.07, 6.45) is 12.4. The molecule has 6 rings (SSSR count). The molecule has 6 aliphatic rings. The fraction of sp³-hybridized carbons (Fsp3) is 0.938. The average molecular weight is 712 g/mol. The van der Waals surface area contributed by atoms with Crippen LogP contribution in [0.25, 0.3) is 0 Å². The van der Waals surface area contributed by atoms with E-state index >= 15 is 0 Å². The zero-order chi connectivity index (χ0) is 25.2. The first-order chi connectivity index (χ1) is 16.3. The molecule has 0 aromatic rings. The Bertz CT molecular complexity index is 913. The number of aliphatic hydroxyl groups is 1. The van der Waals surface area contributed by atoms with E-state index < -0.39 is 11.9 Å². The van der Waals surface area contributed by atoms with Gasteiger partial charge in [-0.05, 0) is 111 Å². The van der Waals surface area contributed by atoms with Crippen molar-refractivity contribution in [2.45, 2.75) is 125 Å². The summed E-state index contributed by atoms with van der Waals surface area (Å²) in [6.45, 7) is 20.0. The van der Waals surface area contributed by atoms with Gasteiger partial charge in [-0.2, -0.15) is 0 Å². The Morgan fingerprint density at radius 2 is 1.61 bits per heavy atom. The summed E-state index contributed by atoms with van der Waals surface area (Å²) >= 11 is 0. The van der Waals surface area contributed by atoms with Crippen molar-refractivity contribution in [3.05, 3.63) is 11.6 Å². The average Bonchev–Trinajstić information content (AvgIpc) is 2.77. The standard InChI is InChI=1S/C32H52O3.Ac/c1-19-9-10-21-13-15-31(7)22(26(21)20(19)2)11-12-25-29(5)17-23(33)27-30(6,18-34-28(3,4)35-27)24(29)14-16-32(25,31)8;/h11,19-21,23-27,33H,9-10,12-18H2,1-8H3;/t19-,20+,21?,23?,24?,25?,26?,27?,29+,30+,31-,32-;/m1./s1. The van der Waals surface area contributed by atoms with E-state index in [1.165, 1.54) is 44.9 Å². The smallest absolute Gasteiger partial charge is 0.163 e. The first-order valence-corrected chi connectivity index (χ1v) is 15.0. The van der Waals surface area contributed by atoms with Crippen LogP contribution in [0, 0.1) is 101 Å². The number of rotatable bonds is 0. The molecule has 6 unspecified atom stereocenters. The van der Waals surface area contributed by atoms with E-state index in [0.717, 1.165) is 30.1 Å². The summed E-state index contributed by atoms with van der Waals surface area (Å²) in [7, 11) is 0. The number of ether oxygens (including phenoxy) is 2. The molecule has 201 valence electrons. The van der Waals surface area contributed by atoms with Gasteiger partial charge in [-0.3, -0.25) is 0 Å². The summed E-state index contributed by atoms with van der Waals surface area (Å²) in [5.41, 5.74) is 2.42. The second-order valence-corrected chi connectivity index (χ2v) is 15.5. The molecule has 3 nitrogen and oxygen atoms in total. The van der Waals surface area contributed by atoms with Gasteiger partial charge < -0.3 is 14.6 Å². The second kappa shape index (κ2) is 9.03. The molecule has 1 heterocycles. The van der Waals surface area contributed by atoms with Crippen LogP contribution in [0.4, 0.5) is 0 Å². The summed E-state index contributed by atoms with van der Waals surface area (Å²) in [5.74, 6) is 3.89. The van der Waals surface area contributed by atoms with Gasteiger partial charge in [0.1, 0.15) is 0 Å². The SMILES string of the molecule is C[C@@H]1CCC2CC[C@]3(C)C(=CCC4[C@@]5(C)CC(O)C6OC(C)(C)OC[C@@]6(C)C5CC[C@]43C)C2[C@H]1C.[Ac]. The van der Waals surface area contributed by atoms with E-state index in [1.807, 2.05) is 19.4 Å². The van der Waals surface area contributed by atoms with Gasteiger partial charge in [-0.15, -0.1) is 0 Å². The largest absolute Gasteiger partial charge is 0.390 e. The molecule has 0 amide bonds. The maximum atomic E-state index is 11.6. The van der Waals surface area contributed by atoms with Crippen LogP contribution in [0.5, 0.6) is 0 Å². The van der Waals surface area contributed by atoms with E-state index in [1.54, 1.807) is 0 Å². The number of hydrogen-bond donors (Lipinski definition) is 1. The van der Waals surface area contributed by atoms with Crippen LogP contribution in [0.1, 0.15) is 107 Å². The van der Waals surface area contributed by atoms with E-state index in [9.17, 15) is 5.11 Å². The number of allylic oxidation sites excluding steroid dienone is 2. The molecular formula is C32H52AcO3. The molecule has 1 radical (unpaired) electrons. The van der Waals surface area contributed by atoms with Crippen molar-refractivity contribution in [3.8, 4) is 0 Å². The third-order valence-corrected chi connectivity index (χ3v) is 13.7. The third kappa shape index (κ3) is 3.69. The van der Waals surface area contributed by atoms with E-state index in [4.69, 9.17) is 9.47 Å². The van der Waals surface area contributed by atoms with E-state index in [0.29, 0.717) is 29.3 Å². The molecule has 0 bridgehead atoms. The monoisotopic (exact) mass is 711 g/mol. The Hall–Kier alpha value is 1.06. The molecule has 0 aromatic heterocycles. The zero-order valence-electron chi connectivity index (χ0n) is 24.4. The van der Waals surface area contributed by atoms with Gasteiger partial charge in [0.05, 0.1) is 18.8 Å². The first-order valence-electron chi connectivity index (χ1n) is 15.0. The van der Waals surface area contributed by atoms with Gasteiger partial charge in [0.15, 0.2) is 5.79 Å². The van der Waals surface area contributed by atoms with Crippen molar-refractivity contribution >= 4 is 0 Å². The van der Waals surface area contributed by atoms with Crippen molar-refractivity contribution in [3.63, 3.8) is 0 Å². The van der Waals surface area contributed by atoms with Crippen molar-refractivity contribution in [1.29, 1.82) is 0 Å². The number of fused-ring (bicyclic) bond motifs is 9. The van der Waals surface area contributed by atoms with Gasteiger partial charge in [-0.25, -0.2) is 0 Å². The zero-order valence-corrected chi connectivity index (χ0v) is 29.1. The third-order valence-electron chi connectivity index (χ3n) is 13.7. The normalized spacial score (nSPS) is 57.5. The molecule has 1 N–H and O–H groups in total. The van der Waals surface area contributed by atoms with Gasteiger partial charge in [-0.1, -0.05) is 59.6 Å². The van der Waals surface area contributed by atoms with Crippen molar-refractivity contribution in [2.75, 3.05) is 6.61 Å². The molecular weight excluding hydrogens is 659 g/mol. The van der Waals surface area contributed by atoms with E-state index in [-0.39, 0.29) is 61.0 Å². The van der Waals surface area contributed by atoms with Gasteiger partial charge in [0.25, 0.3) is 0 Å². The Morgan fingerprint density at radius 1 is 0.889 bits per heavy atom.